The maximum atomic E-state index is 10.7. The van der Waals surface area contributed by atoms with Crippen molar-refractivity contribution in [1.29, 1.82) is 0 Å². The Morgan fingerprint density at radius 3 is 2.52 bits per heavy atom. The van der Waals surface area contributed by atoms with Crippen molar-refractivity contribution in [2.75, 3.05) is 5.73 Å². The lowest BCUT2D eigenvalue weighted by atomic mass is 9.76. The Bertz CT molecular complexity index is 813. The lowest BCUT2D eigenvalue weighted by Gasteiger charge is -2.31. The molecular weight excluding hydrogens is 368 g/mol. The number of rotatable bonds is 4. The summed E-state index contributed by atoms with van der Waals surface area (Å²) in [5.74, 6) is 0.395. The first-order valence-corrected chi connectivity index (χ1v) is 11.1. The maximum Gasteiger partial charge on any atom is 0.164 e. The van der Waals surface area contributed by atoms with Crippen LogP contribution >= 0.6 is 0 Å². The SMILES string of the molecule is CC1(CCC2OC(n3ccc4c(N)ncnc43)C(O)C2O)CCCCCCCC1. The molecule has 0 spiro atoms. The van der Waals surface area contributed by atoms with E-state index in [1.165, 1.54) is 57.7 Å². The highest BCUT2D eigenvalue weighted by atomic mass is 16.6. The molecule has 1 aliphatic carbocycles. The first-order chi connectivity index (χ1) is 14.0. The molecule has 3 heterocycles. The van der Waals surface area contributed by atoms with Crippen molar-refractivity contribution in [3.05, 3.63) is 18.6 Å². The third kappa shape index (κ3) is 4.27. The van der Waals surface area contributed by atoms with Gasteiger partial charge in [-0.1, -0.05) is 45.4 Å². The zero-order valence-electron chi connectivity index (χ0n) is 17.3. The molecule has 2 aromatic rings. The molecule has 2 aromatic heterocycles. The van der Waals surface area contributed by atoms with Crippen LogP contribution in [0.25, 0.3) is 11.0 Å². The summed E-state index contributed by atoms with van der Waals surface area (Å²) in [4.78, 5) is 8.30. The second-order valence-corrected chi connectivity index (χ2v) is 9.24. The maximum absolute atomic E-state index is 10.7. The summed E-state index contributed by atoms with van der Waals surface area (Å²) >= 11 is 0. The van der Waals surface area contributed by atoms with Crippen LogP contribution in [-0.2, 0) is 4.74 Å². The van der Waals surface area contributed by atoms with E-state index in [4.69, 9.17) is 10.5 Å². The molecule has 1 saturated heterocycles. The molecule has 0 aromatic carbocycles. The Morgan fingerprint density at radius 2 is 1.79 bits per heavy atom. The minimum atomic E-state index is -1.000. The third-order valence-electron chi connectivity index (χ3n) is 6.99. The number of ether oxygens (including phenoxy) is 1. The van der Waals surface area contributed by atoms with Gasteiger partial charge in [-0.05, 0) is 37.2 Å². The van der Waals surface area contributed by atoms with Crippen molar-refractivity contribution in [3.63, 3.8) is 0 Å². The zero-order valence-corrected chi connectivity index (χ0v) is 17.3. The van der Waals surface area contributed by atoms with Gasteiger partial charge in [-0.2, -0.15) is 0 Å². The number of aliphatic hydroxyl groups excluding tert-OH is 2. The zero-order chi connectivity index (χ0) is 20.4. The van der Waals surface area contributed by atoms with Crippen LogP contribution < -0.4 is 5.73 Å². The predicted octanol–water partition coefficient (Wildman–Crippen LogP) is 3.55. The Morgan fingerprint density at radius 1 is 1.10 bits per heavy atom. The molecule has 7 nitrogen and oxygen atoms in total. The Hall–Kier alpha value is -1.70. The Labute approximate surface area is 172 Å². The molecule has 0 radical (unpaired) electrons. The minimum Gasteiger partial charge on any atom is -0.388 e. The second kappa shape index (κ2) is 8.58. The summed E-state index contributed by atoms with van der Waals surface area (Å²) in [5.41, 5.74) is 6.82. The van der Waals surface area contributed by atoms with E-state index < -0.39 is 18.4 Å². The van der Waals surface area contributed by atoms with Crippen LogP contribution in [0, 0.1) is 5.41 Å². The molecule has 1 saturated carbocycles. The average molecular weight is 403 g/mol. The van der Waals surface area contributed by atoms with Gasteiger partial charge in [0.2, 0.25) is 0 Å². The van der Waals surface area contributed by atoms with E-state index in [-0.39, 0.29) is 11.5 Å². The van der Waals surface area contributed by atoms with Crippen LogP contribution in [0.4, 0.5) is 5.82 Å². The van der Waals surface area contributed by atoms with Crippen LogP contribution in [-0.4, -0.2) is 43.1 Å². The van der Waals surface area contributed by atoms with Gasteiger partial charge in [-0.15, -0.1) is 0 Å². The smallest absolute Gasteiger partial charge is 0.164 e. The normalized spacial score (nSPS) is 30.7. The summed E-state index contributed by atoms with van der Waals surface area (Å²) in [6.45, 7) is 2.38. The second-order valence-electron chi connectivity index (χ2n) is 9.24. The number of hydrogen-bond acceptors (Lipinski definition) is 6. The molecule has 4 rings (SSSR count). The Kier molecular flexibility index (Phi) is 6.08. The minimum absolute atomic E-state index is 0.290. The molecule has 0 amide bonds. The topological polar surface area (TPSA) is 106 Å². The third-order valence-corrected chi connectivity index (χ3v) is 6.99. The number of anilines is 1. The summed E-state index contributed by atoms with van der Waals surface area (Å²) in [6, 6.07) is 1.82. The molecule has 2 aliphatic rings. The van der Waals surface area contributed by atoms with Crippen LogP contribution in [0.5, 0.6) is 0 Å². The van der Waals surface area contributed by atoms with Gasteiger partial charge in [0.05, 0.1) is 11.5 Å². The molecule has 160 valence electrons. The number of nitrogens with two attached hydrogens (primary N) is 1. The van der Waals surface area contributed by atoms with Gasteiger partial charge in [0.1, 0.15) is 30.0 Å². The first-order valence-electron chi connectivity index (χ1n) is 11.1. The van der Waals surface area contributed by atoms with Crippen molar-refractivity contribution in [2.45, 2.75) is 95.7 Å². The van der Waals surface area contributed by atoms with Crippen LogP contribution in [0.2, 0.25) is 0 Å². The van der Waals surface area contributed by atoms with E-state index in [1.54, 1.807) is 10.8 Å². The van der Waals surface area contributed by atoms with Crippen LogP contribution in [0.3, 0.4) is 0 Å². The molecule has 29 heavy (non-hydrogen) atoms. The standard InChI is InChI=1S/C22H34N4O3/c1-22(10-6-4-2-3-5-7-11-22)12-8-16-17(27)18(28)21(29-16)26-13-9-15-19(23)24-14-25-20(15)26/h9,13-14,16-18,21,27-28H,2-8,10-12H2,1H3,(H2,23,24,25). The highest BCUT2D eigenvalue weighted by Gasteiger charge is 2.44. The number of nitrogen functional groups attached to an aromatic ring is 1. The Balaban J connectivity index is 1.45. The predicted molar refractivity (Wildman–Crippen MR) is 112 cm³/mol. The fourth-order valence-corrected chi connectivity index (χ4v) is 5.07. The molecule has 0 bridgehead atoms. The lowest BCUT2D eigenvalue weighted by molar-refractivity contribution is -0.0402. The number of aliphatic hydroxyl groups is 2. The van der Waals surface area contributed by atoms with Crippen LogP contribution in [0.1, 0.15) is 77.4 Å². The van der Waals surface area contributed by atoms with E-state index in [0.717, 1.165) is 18.2 Å². The quantitative estimate of drug-likeness (QED) is 0.722. The fourth-order valence-electron chi connectivity index (χ4n) is 5.07. The average Bonchev–Trinajstić information content (AvgIpc) is 3.27. The molecule has 7 heteroatoms. The summed E-state index contributed by atoms with van der Waals surface area (Å²) in [6.07, 6.45) is 12.4. The molecule has 1 aliphatic heterocycles. The van der Waals surface area contributed by atoms with Gasteiger partial charge >= 0.3 is 0 Å². The fraction of sp³-hybridized carbons (Fsp3) is 0.727. The van der Waals surface area contributed by atoms with E-state index in [9.17, 15) is 10.2 Å². The van der Waals surface area contributed by atoms with Gasteiger partial charge in [-0.3, -0.25) is 0 Å². The summed E-state index contributed by atoms with van der Waals surface area (Å²) in [5, 5.41) is 22.1. The van der Waals surface area contributed by atoms with Crippen molar-refractivity contribution >= 4 is 16.9 Å². The molecule has 4 unspecified atom stereocenters. The largest absolute Gasteiger partial charge is 0.388 e. The summed E-state index contributed by atoms with van der Waals surface area (Å²) < 4.78 is 7.91. The lowest BCUT2D eigenvalue weighted by Crippen LogP contribution is -2.32. The number of nitrogens with zero attached hydrogens (tertiary/aromatic N) is 3. The molecule has 4 atom stereocenters. The molecule has 4 N–H and O–H groups in total. The van der Waals surface area contributed by atoms with Crippen molar-refractivity contribution < 1.29 is 14.9 Å². The number of fused-ring (bicyclic) bond motifs is 1. The summed E-state index contributed by atoms with van der Waals surface area (Å²) in [7, 11) is 0. The number of hydrogen-bond donors (Lipinski definition) is 3. The van der Waals surface area contributed by atoms with Gasteiger partial charge in [0.15, 0.2) is 6.23 Å². The van der Waals surface area contributed by atoms with Gasteiger partial charge in [0.25, 0.3) is 0 Å². The monoisotopic (exact) mass is 402 g/mol. The number of aromatic nitrogens is 3. The first kappa shape index (κ1) is 20.6. The van der Waals surface area contributed by atoms with E-state index in [2.05, 4.69) is 16.9 Å². The van der Waals surface area contributed by atoms with Crippen molar-refractivity contribution in [1.82, 2.24) is 14.5 Å². The van der Waals surface area contributed by atoms with Gasteiger partial charge in [0, 0.05) is 6.20 Å². The van der Waals surface area contributed by atoms with E-state index >= 15 is 0 Å². The van der Waals surface area contributed by atoms with Crippen molar-refractivity contribution in [2.24, 2.45) is 5.41 Å². The van der Waals surface area contributed by atoms with E-state index in [1.807, 2.05) is 6.07 Å². The van der Waals surface area contributed by atoms with Gasteiger partial charge < -0.3 is 25.3 Å². The van der Waals surface area contributed by atoms with Gasteiger partial charge in [-0.25, -0.2) is 9.97 Å². The molecule has 2 fully saturated rings. The van der Waals surface area contributed by atoms with Crippen molar-refractivity contribution in [3.8, 4) is 0 Å². The highest BCUT2D eigenvalue weighted by Crippen LogP contribution is 2.41. The highest BCUT2D eigenvalue weighted by molar-refractivity contribution is 5.86. The molecular formula is C22H34N4O3. The van der Waals surface area contributed by atoms with E-state index in [0.29, 0.717) is 11.5 Å². The van der Waals surface area contributed by atoms with Crippen LogP contribution in [0.15, 0.2) is 18.6 Å².